The number of rotatable bonds is 4. The molecule has 1 saturated heterocycles. The average Bonchev–Trinajstić information content (AvgIpc) is 2.88. The summed E-state index contributed by atoms with van der Waals surface area (Å²) >= 11 is 0. The average molecular weight is 391 g/mol. The van der Waals surface area contributed by atoms with E-state index in [2.05, 4.69) is 27.7 Å². The molecule has 0 aromatic heterocycles. The molecule has 4 rings (SSSR count). The number of ether oxygens (including phenoxy) is 4. The maximum atomic E-state index is 11.8. The molecule has 2 aliphatic heterocycles. The highest BCUT2D eigenvalue weighted by molar-refractivity contribution is 5.67. The van der Waals surface area contributed by atoms with Crippen LogP contribution in [0.15, 0.2) is 0 Å². The second kappa shape index (κ2) is 6.27. The number of hydrogen-bond donors (Lipinski definition) is 1. The van der Waals surface area contributed by atoms with Gasteiger partial charge in [-0.3, -0.25) is 0 Å². The molecular weight excluding hydrogens is 356 g/mol. The Bertz CT molecular complexity index is 799. The number of fused-ring (bicyclic) bond motifs is 3. The monoisotopic (exact) mass is 390 g/mol. The van der Waals surface area contributed by atoms with Crippen LogP contribution in [0, 0.1) is 11.3 Å². The van der Waals surface area contributed by atoms with E-state index in [1.54, 1.807) is 21.3 Å². The second-order valence-corrected chi connectivity index (χ2v) is 9.75. The van der Waals surface area contributed by atoms with Gasteiger partial charge < -0.3 is 24.1 Å². The predicted molar refractivity (Wildman–Crippen MR) is 107 cm³/mol. The van der Waals surface area contributed by atoms with Crippen molar-refractivity contribution in [1.29, 1.82) is 0 Å². The quantitative estimate of drug-likeness (QED) is 0.819. The highest BCUT2D eigenvalue weighted by Gasteiger charge is 2.66. The number of benzene rings is 1. The zero-order valence-electron chi connectivity index (χ0n) is 18.3. The summed E-state index contributed by atoms with van der Waals surface area (Å²) in [5.41, 5.74) is 2.41. The van der Waals surface area contributed by atoms with Gasteiger partial charge in [-0.1, -0.05) is 34.1 Å². The van der Waals surface area contributed by atoms with Gasteiger partial charge in [-0.25, -0.2) is 0 Å². The third kappa shape index (κ3) is 2.45. The summed E-state index contributed by atoms with van der Waals surface area (Å²) in [6.07, 6.45) is 4.53. The topological polar surface area (TPSA) is 57.2 Å². The lowest BCUT2D eigenvalue weighted by molar-refractivity contribution is -0.250. The molecule has 1 aliphatic carbocycles. The van der Waals surface area contributed by atoms with Crippen LogP contribution in [0.2, 0.25) is 0 Å². The van der Waals surface area contributed by atoms with E-state index in [1.165, 1.54) is 0 Å². The Balaban J connectivity index is 2.03. The van der Waals surface area contributed by atoms with Gasteiger partial charge in [0.05, 0.1) is 32.5 Å². The van der Waals surface area contributed by atoms with Crippen LogP contribution in [0.4, 0.5) is 0 Å². The Labute approximate surface area is 168 Å². The smallest absolute Gasteiger partial charge is 0.197 e. The highest BCUT2D eigenvalue weighted by atomic mass is 16.6. The summed E-state index contributed by atoms with van der Waals surface area (Å²) in [4.78, 5) is 0. The van der Waals surface area contributed by atoms with Gasteiger partial charge in [0.25, 0.3) is 0 Å². The van der Waals surface area contributed by atoms with E-state index >= 15 is 0 Å². The second-order valence-electron chi connectivity index (χ2n) is 9.75. The molecule has 0 unspecified atom stereocenters. The van der Waals surface area contributed by atoms with Gasteiger partial charge in [0.2, 0.25) is 0 Å². The Morgan fingerprint density at radius 3 is 2.21 bits per heavy atom. The van der Waals surface area contributed by atoms with Crippen molar-refractivity contribution < 1.29 is 24.1 Å². The molecule has 5 heteroatoms. The van der Waals surface area contributed by atoms with Crippen LogP contribution < -0.4 is 14.2 Å². The summed E-state index contributed by atoms with van der Waals surface area (Å²) < 4.78 is 24.1. The molecule has 1 aromatic carbocycles. The van der Waals surface area contributed by atoms with Crippen molar-refractivity contribution in [3.8, 4) is 17.2 Å². The van der Waals surface area contributed by atoms with Gasteiger partial charge >= 0.3 is 0 Å². The molecule has 1 aromatic rings. The third-order valence-electron chi connectivity index (χ3n) is 7.41. The van der Waals surface area contributed by atoms with Crippen molar-refractivity contribution in [2.75, 3.05) is 21.3 Å². The van der Waals surface area contributed by atoms with Gasteiger partial charge in [0, 0.05) is 24.0 Å². The van der Waals surface area contributed by atoms with E-state index in [9.17, 15) is 5.11 Å². The minimum absolute atomic E-state index is 0.121. The van der Waals surface area contributed by atoms with Crippen LogP contribution in [-0.2, 0) is 16.9 Å². The molecule has 0 amide bonds. The fourth-order valence-electron chi connectivity index (χ4n) is 6.33. The lowest BCUT2D eigenvalue weighted by atomic mass is 9.60. The van der Waals surface area contributed by atoms with Crippen LogP contribution in [0.1, 0.15) is 76.0 Å². The van der Waals surface area contributed by atoms with E-state index < -0.39 is 5.79 Å². The number of hydrogen-bond acceptors (Lipinski definition) is 5. The molecule has 1 saturated carbocycles. The number of methoxy groups -OCH3 is 3. The van der Waals surface area contributed by atoms with E-state index in [-0.39, 0.29) is 22.9 Å². The minimum atomic E-state index is -1.35. The first-order valence-corrected chi connectivity index (χ1v) is 10.4. The fraction of sp³-hybridized carbons (Fsp3) is 0.739. The Morgan fingerprint density at radius 2 is 1.64 bits per heavy atom. The first-order chi connectivity index (χ1) is 13.1. The van der Waals surface area contributed by atoms with Crippen molar-refractivity contribution in [2.45, 2.75) is 77.1 Å². The van der Waals surface area contributed by atoms with E-state index in [0.717, 1.165) is 36.0 Å². The lowest BCUT2D eigenvalue weighted by Gasteiger charge is -2.49. The van der Waals surface area contributed by atoms with Crippen molar-refractivity contribution in [2.24, 2.45) is 11.3 Å². The van der Waals surface area contributed by atoms with Crippen molar-refractivity contribution >= 4 is 0 Å². The maximum absolute atomic E-state index is 11.8. The summed E-state index contributed by atoms with van der Waals surface area (Å²) in [5, 5.41) is 11.8. The van der Waals surface area contributed by atoms with Crippen molar-refractivity contribution in [1.82, 2.24) is 0 Å². The van der Waals surface area contributed by atoms with Crippen LogP contribution in [0.3, 0.4) is 0 Å². The van der Waals surface area contributed by atoms with Gasteiger partial charge in [-0.15, -0.1) is 0 Å². The Kier molecular flexibility index (Phi) is 4.44. The molecular formula is C23H34O5. The molecule has 3 aliphatic rings. The summed E-state index contributed by atoms with van der Waals surface area (Å²) in [5.74, 6) is 1.18. The zero-order valence-corrected chi connectivity index (χ0v) is 18.3. The van der Waals surface area contributed by atoms with Crippen molar-refractivity contribution in [3.63, 3.8) is 0 Å². The first-order valence-electron chi connectivity index (χ1n) is 10.4. The van der Waals surface area contributed by atoms with E-state index in [0.29, 0.717) is 30.1 Å². The van der Waals surface area contributed by atoms with Gasteiger partial charge in [0.15, 0.2) is 17.3 Å². The molecule has 2 bridgehead atoms. The fourth-order valence-corrected chi connectivity index (χ4v) is 6.33. The molecule has 156 valence electrons. The zero-order chi connectivity index (χ0) is 20.5. The summed E-state index contributed by atoms with van der Waals surface area (Å²) in [6, 6.07) is 0. The molecule has 0 radical (unpaired) electrons. The Hall–Kier alpha value is -1.46. The normalized spacial score (nSPS) is 32.7. The van der Waals surface area contributed by atoms with E-state index in [4.69, 9.17) is 18.9 Å². The molecule has 2 fully saturated rings. The van der Waals surface area contributed by atoms with E-state index in [1.807, 2.05) is 0 Å². The molecule has 5 nitrogen and oxygen atoms in total. The van der Waals surface area contributed by atoms with Gasteiger partial charge in [-0.05, 0) is 30.1 Å². The molecule has 1 spiro atoms. The van der Waals surface area contributed by atoms with Crippen molar-refractivity contribution in [3.05, 3.63) is 16.7 Å². The predicted octanol–water partition coefficient (Wildman–Crippen LogP) is 4.52. The molecule has 2 heterocycles. The van der Waals surface area contributed by atoms with Crippen LogP contribution >= 0.6 is 0 Å². The van der Waals surface area contributed by atoms with Crippen LogP contribution in [0.5, 0.6) is 17.2 Å². The first kappa shape index (κ1) is 19.8. The molecule has 1 N–H and O–H groups in total. The maximum Gasteiger partial charge on any atom is 0.197 e. The Morgan fingerprint density at radius 1 is 1.00 bits per heavy atom. The SMILES string of the molecule is COc1c2c(c(OC)c(C(C)C)c1OC)[C@@]1(O)C[C@@H]3C(C)(C)CCC[C@]3(C2)O1. The van der Waals surface area contributed by atoms with Gasteiger partial charge in [0.1, 0.15) is 5.75 Å². The standard InChI is InChI=1S/C23H34O5/c1-13(2)16-19(26-6)17-14(18(25-5)20(16)27-7)11-22-10-8-9-21(3,4)15(22)12-23(17,24)28-22/h13,15,24H,8-12H2,1-7H3/t15-,22-,23-/m1/s1. The highest BCUT2D eigenvalue weighted by Crippen LogP contribution is 2.66. The lowest BCUT2D eigenvalue weighted by Crippen LogP contribution is -2.50. The largest absolute Gasteiger partial charge is 0.496 e. The number of aliphatic hydroxyl groups is 1. The summed E-state index contributed by atoms with van der Waals surface area (Å²) in [7, 11) is 5.01. The van der Waals surface area contributed by atoms with Gasteiger partial charge in [-0.2, -0.15) is 0 Å². The minimum Gasteiger partial charge on any atom is -0.496 e. The third-order valence-corrected chi connectivity index (χ3v) is 7.41. The molecule has 28 heavy (non-hydrogen) atoms. The van der Waals surface area contributed by atoms with Crippen LogP contribution in [0.25, 0.3) is 0 Å². The van der Waals surface area contributed by atoms with Crippen LogP contribution in [-0.4, -0.2) is 32.0 Å². The summed E-state index contributed by atoms with van der Waals surface area (Å²) in [6.45, 7) is 8.81. The molecule has 3 atom stereocenters.